The lowest BCUT2D eigenvalue weighted by Crippen LogP contribution is -2.68. The average Bonchev–Trinajstić information content (AvgIpc) is 2.57. The van der Waals surface area contributed by atoms with Crippen LogP contribution in [0.5, 0.6) is 0 Å². The third-order valence-corrected chi connectivity index (χ3v) is 6.19. The number of rotatable bonds is 10. The van der Waals surface area contributed by atoms with Crippen LogP contribution in [-0.2, 0) is 9.47 Å². The van der Waals surface area contributed by atoms with Crippen LogP contribution in [-0.4, -0.2) is 35.8 Å². The van der Waals surface area contributed by atoms with Gasteiger partial charge in [0.05, 0.1) is 17.1 Å². The highest BCUT2D eigenvalue weighted by Gasteiger charge is 2.79. The normalized spacial score (nSPS) is 21.5. The summed E-state index contributed by atoms with van der Waals surface area (Å²) < 4.78 is 125. The van der Waals surface area contributed by atoms with Gasteiger partial charge in [-0.3, -0.25) is 0 Å². The first kappa shape index (κ1) is 29.4. The molecule has 0 spiro atoms. The molecule has 10 heteroatoms. The topological polar surface area (TPSA) is 18.5 Å². The largest absolute Gasteiger partial charge is 0.455 e. The van der Waals surface area contributed by atoms with Crippen LogP contribution in [0.4, 0.5) is 35.1 Å². The van der Waals surface area contributed by atoms with E-state index in [2.05, 4.69) is 4.74 Å². The molecule has 0 radical (unpaired) electrons. The Hall–Kier alpha value is -0.640. The first-order valence-corrected chi connectivity index (χ1v) is 9.92. The van der Waals surface area contributed by atoms with Crippen LogP contribution in [0.25, 0.3) is 0 Å². The maximum Gasteiger partial charge on any atom is 0.455 e. The van der Waals surface area contributed by atoms with E-state index < -0.39 is 59.4 Å². The molecule has 0 N–H and O–H groups in total. The van der Waals surface area contributed by atoms with Crippen molar-refractivity contribution in [3.63, 3.8) is 0 Å². The maximum atomic E-state index is 15.3. The Balaban J connectivity index is 6.72. The Morgan fingerprint density at radius 2 is 1.17 bits per heavy atom. The van der Waals surface area contributed by atoms with E-state index in [4.69, 9.17) is 4.74 Å². The SMILES string of the molecule is CCC(C)OC(F)(F)C(C)(CC)C(C)(CC)OC(F)(C(F)(F)F)C(F)(F)C(C)(C)C. The molecule has 2 nitrogen and oxygen atoms in total. The number of hydrogen-bond donors (Lipinski definition) is 0. The summed E-state index contributed by atoms with van der Waals surface area (Å²) in [5.74, 6) is -10.6. The summed E-state index contributed by atoms with van der Waals surface area (Å²) in [6.45, 7) is 9.03. The predicted octanol–water partition coefficient (Wildman–Crippen LogP) is 7.91. The van der Waals surface area contributed by atoms with Crippen molar-refractivity contribution in [1.82, 2.24) is 0 Å². The van der Waals surface area contributed by atoms with Gasteiger partial charge >= 0.3 is 24.1 Å². The van der Waals surface area contributed by atoms with Crippen molar-refractivity contribution in [3.05, 3.63) is 0 Å². The Morgan fingerprint density at radius 3 is 1.43 bits per heavy atom. The van der Waals surface area contributed by atoms with Crippen LogP contribution in [0.3, 0.4) is 0 Å². The molecule has 0 fully saturated rings. The third kappa shape index (κ3) is 4.74. The first-order chi connectivity index (χ1) is 13.0. The van der Waals surface area contributed by atoms with Gasteiger partial charge in [-0.15, -0.1) is 0 Å². The molecule has 0 aromatic heterocycles. The van der Waals surface area contributed by atoms with E-state index >= 15 is 13.2 Å². The van der Waals surface area contributed by atoms with Crippen LogP contribution >= 0.6 is 0 Å². The maximum absolute atomic E-state index is 15.3. The summed E-state index contributed by atoms with van der Waals surface area (Å²) in [7, 11) is 0. The zero-order valence-electron chi connectivity index (χ0n) is 19.0. The molecule has 0 aromatic carbocycles. The Bertz CT molecular complexity index is 572. The van der Waals surface area contributed by atoms with Gasteiger partial charge in [0, 0.05) is 5.41 Å². The van der Waals surface area contributed by atoms with Crippen molar-refractivity contribution in [1.29, 1.82) is 0 Å². The summed E-state index contributed by atoms with van der Waals surface area (Å²) in [4.78, 5) is 0. The highest BCUT2D eigenvalue weighted by Crippen LogP contribution is 2.60. The molecule has 0 heterocycles. The molecule has 0 aliphatic heterocycles. The minimum absolute atomic E-state index is 0.163. The number of ether oxygens (including phenoxy) is 2. The summed E-state index contributed by atoms with van der Waals surface area (Å²) in [5.41, 5.74) is -7.75. The van der Waals surface area contributed by atoms with Gasteiger partial charge in [-0.05, 0) is 40.0 Å². The molecule has 0 aliphatic rings. The van der Waals surface area contributed by atoms with Crippen LogP contribution in [0.1, 0.15) is 81.6 Å². The van der Waals surface area contributed by atoms with Gasteiger partial charge < -0.3 is 9.47 Å². The van der Waals surface area contributed by atoms with Gasteiger partial charge in [0.25, 0.3) is 0 Å². The van der Waals surface area contributed by atoms with Gasteiger partial charge in [-0.1, -0.05) is 41.5 Å². The second kappa shape index (κ2) is 8.71. The van der Waals surface area contributed by atoms with E-state index in [0.717, 1.165) is 13.8 Å². The molecule has 0 bridgehead atoms. The lowest BCUT2D eigenvalue weighted by molar-refractivity contribution is -0.461. The van der Waals surface area contributed by atoms with E-state index in [1.807, 2.05) is 0 Å². The van der Waals surface area contributed by atoms with E-state index in [9.17, 15) is 22.0 Å². The quantitative estimate of drug-likeness (QED) is 0.310. The molecule has 0 amide bonds. The highest BCUT2D eigenvalue weighted by molar-refractivity contribution is 5.05. The molecule has 0 aromatic rings. The first-order valence-electron chi connectivity index (χ1n) is 9.92. The summed E-state index contributed by atoms with van der Waals surface area (Å²) in [6.07, 6.45) is -12.3. The standard InChI is InChI=1S/C20H34F8O2/c1-10-13(4)29-20(27,28)15(8,11-2)16(9,12-3)30-18(23,19(24,25)26)17(21,22)14(5,6)7/h13H,10-12H2,1-9H3. The van der Waals surface area contributed by atoms with Crippen molar-refractivity contribution in [3.8, 4) is 0 Å². The number of alkyl halides is 8. The van der Waals surface area contributed by atoms with E-state index in [-0.39, 0.29) is 6.42 Å². The second-order valence-corrected chi connectivity index (χ2v) is 9.14. The van der Waals surface area contributed by atoms with Crippen molar-refractivity contribution in [2.45, 2.75) is 117 Å². The van der Waals surface area contributed by atoms with Crippen LogP contribution in [0.2, 0.25) is 0 Å². The fourth-order valence-corrected chi connectivity index (χ4v) is 3.02. The zero-order valence-corrected chi connectivity index (χ0v) is 19.0. The lowest BCUT2D eigenvalue weighted by atomic mass is 9.69. The van der Waals surface area contributed by atoms with Gasteiger partial charge in [-0.2, -0.15) is 35.1 Å². The van der Waals surface area contributed by atoms with Crippen molar-refractivity contribution in [2.75, 3.05) is 0 Å². The minimum atomic E-state index is -6.19. The van der Waals surface area contributed by atoms with Crippen molar-refractivity contribution < 1.29 is 44.6 Å². The number of halogens is 8. The highest BCUT2D eigenvalue weighted by atomic mass is 19.4. The molecule has 30 heavy (non-hydrogen) atoms. The zero-order chi connectivity index (χ0) is 24.6. The van der Waals surface area contributed by atoms with Gasteiger partial charge in [0.2, 0.25) is 0 Å². The smallest absolute Gasteiger partial charge is 0.327 e. The molecular weight excluding hydrogens is 424 g/mol. The molecule has 0 rings (SSSR count). The van der Waals surface area contributed by atoms with Crippen molar-refractivity contribution >= 4 is 0 Å². The van der Waals surface area contributed by atoms with Gasteiger partial charge in [0.1, 0.15) is 0 Å². The predicted molar refractivity (Wildman–Crippen MR) is 98.3 cm³/mol. The summed E-state index contributed by atoms with van der Waals surface area (Å²) in [6, 6.07) is 0. The second-order valence-electron chi connectivity index (χ2n) is 9.14. The molecule has 0 saturated carbocycles. The van der Waals surface area contributed by atoms with Crippen LogP contribution < -0.4 is 0 Å². The fraction of sp³-hybridized carbons (Fsp3) is 1.00. The Morgan fingerprint density at radius 1 is 0.733 bits per heavy atom. The minimum Gasteiger partial charge on any atom is -0.327 e. The summed E-state index contributed by atoms with van der Waals surface area (Å²) >= 11 is 0. The fourth-order valence-electron chi connectivity index (χ4n) is 3.02. The lowest BCUT2D eigenvalue weighted by Gasteiger charge is -2.53. The molecule has 0 aliphatic carbocycles. The Labute approximate surface area is 173 Å². The van der Waals surface area contributed by atoms with Crippen LogP contribution in [0, 0.1) is 10.8 Å². The summed E-state index contributed by atoms with van der Waals surface area (Å²) in [5, 5.41) is 0. The molecule has 182 valence electrons. The van der Waals surface area contributed by atoms with Gasteiger partial charge in [-0.25, -0.2) is 0 Å². The van der Waals surface area contributed by atoms with Crippen molar-refractivity contribution in [2.24, 2.45) is 10.8 Å². The molecule has 4 unspecified atom stereocenters. The molecule has 4 atom stereocenters. The van der Waals surface area contributed by atoms with E-state index in [0.29, 0.717) is 20.8 Å². The monoisotopic (exact) mass is 458 g/mol. The van der Waals surface area contributed by atoms with E-state index in [1.54, 1.807) is 6.92 Å². The molecule has 0 saturated heterocycles. The number of hydrogen-bond acceptors (Lipinski definition) is 2. The average molecular weight is 458 g/mol. The third-order valence-electron chi connectivity index (χ3n) is 6.19. The Kier molecular flexibility index (Phi) is 8.53. The van der Waals surface area contributed by atoms with E-state index in [1.165, 1.54) is 20.8 Å². The molecular formula is C20H34F8O2. The van der Waals surface area contributed by atoms with Gasteiger partial charge in [0.15, 0.2) is 0 Å². The van der Waals surface area contributed by atoms with Crippen LogP contribution in [0.15, 0.2) is 0 Å².